The van der Waals surface area contributed by atoms with Gasteiger partial charge in [-0.25, -0.2) is 0 Å². The zero-order chi connectivity index (χ0) is 19.1. The van der Waals surface area contributed by atoms with E-state index in [1.165, 1.54) is 32.7 Å². The van der Waals surface area contributed by atoms with Crippen LogP contribution in [0.1, 0.15) is 11.4 Å². The van der Waals surface area contributed by atoms with Gasteiger partial charge < -0.3 is 0 Å². The maximum absolute atomic E-state index is 4.61. The van der Waals surface area contributed by atoms with E-state index in [9.17, 15) is 0 Å². The molecular formula is C26H20N2. The molecule has 1 heterocycles. The fraction of sp³-hybridized carbons (Fsp3) is 0.0769. The quantitative estimate of drug-likeness (QED) is 0.349. The summed E-state index contributed by atoms with van der Waals surface area (Å²) in [4.78, 5) is 9.17. The molecule has 4 aromatic carbocycles. The van der Waals surface area contributed by atoms with Crippen molar-refractivity contribution in [3.8, 4) is 22.4 Å². The van der Waals surface area contributed by atoms with Crippen LogP contribution < -0.4 is 0 Å². The van der Waals surface area contributed by atoms with Crippen LogP contribution in [0.5, 0.6) is 0 Å². The highest BCUT2D eigenvalue weighted by molar-refractivity contribution is 5.93. The summed E-state index contributed by atoms with van der Waals surface area (Å²) >= 11 is 0. The summed E-state index contributed by atoms with van der Waals surface area (Å²) in [6.45, 7) is 3.99. The summed E-state index contributed by atoms with van der Waals surface area (Å²) in [5.74, 6) is 0. The molecule has 134 valence electrons. The molecule has 0 unspecified atom stereocenters. The van der Waals surface area contributed by atoms with Gasteiger partial charge in [-0.3, -0.25) is 9.97 Å². The lowest BCUT2D eigenvalue weighted by Crippen LogP contribution is -1.94. The molecule has 0 aliphatic carbocycles. The molecule has 2 nitrogen and oxygen atoms in total. The Hall–Kier alpha value is -3.52. The van der Waals surface area contributed by atoms with Crippen LogP contribution in [-0.2, 0) is 0 Å². The van der Waals surface area contributed by atoms with Crippen LogP contribution >= 0.6 is 0 Å². The van der Waals surface area contributed by atoms with Gasteiger partial charge in [0.1, 0.15) is 0 Å². The van der Waals surface area contributed by atoms with Gasteiger partial charge in [0.15, 0.2) is 0 Å². The molecule has 28 heavy (non-hydrogen) atoms. The monoisotopic (exact) mass is 360 g/mol. The van der Waals surface area contributed by atoms with Gasteiger partial charge in [0.2, 0.25) is 0 Å². The Kier molecular flexibility index (Phi) is 3.91. The van der Waals surface area contributed by atoms with Crippen molar-refractivity contribution in [1.29, 1.82) is 0 Å². The Balaban J connectivity index is 1.63. The minimum absolute atomic E-state index is 0.945. The highest BCUT2D eigenvalue weighted by Crippen LogP contribution is 2.30. The van der Waals surface area contributed by atoms with Crippen LogP contribution in [0, 0.1) is 13.8 Å². The molecule has 0 aliphatic rings. The number of benzene rings is 4. The van der Waals surface area contributed by atoms with E-state index < -0.39 is 0 Å². The molecular weight excluding hydrogens is 340 g/mol. The zero-order valence-corrected chi connectivity index (χ0v) is 16.0. The molecule has 5 rings (SSSR count). The summed E-state index contributed by atoms with van der Waals surface area (Å²) in [7, 11) is 0. The van der Waals surface area contributed by atoms with Crippen molar-refractivity contribution >= 4 is 21.5 Å². The van der Waals surface area contributed by atoms with Crippen LogP contribution in [0.15, 0.2) is 85.1 Å². The van der Waals surface area contributed by atoms with Crippen LogP contribution in [-0.4, -0.2) is 9.97 Å². The van der Waals surface area contributed by atoms with Gasteiger partial charge in [-0.05, 0) is 64.7 Å². The summed E-state index contributed by atoms with van der Waals surface area (Å²) in [6, 6.07) is 28.3. The van der Waals surface area contributed by atoms with E-state index in [0.717, 1.165) is 22.6 Å². The molecule has 0 N–H and O–H groups in total. The first-order valence-corrected chi connectivity index (χ1v) is 9.51. The molecule has 0 saturated heterocycles. The SMILES string of the molecule is Cc1cnc(-c2ccc3ccc(-c4ccc5ccccc5c4)cc3c2)c(C)n1. The average molecular weight is 360 g/mol. The van der Waals surface area contributed by atoms with Crippen LogP contribution in [0.2, 0.25) is 0 Å². The van der Waals surface area contributed by atoms with Crippen LogP contribution in [0.3, 0.4) is 0 Å². The fourth-order valence-electron chi connectivity index (χ4n) is 3.82. The predicted molar refractivity (Wildman–Crippen MR) is 117 cm³/mol. The molecule has 5 aromatic rings. The molecule has 0 fully saturated rings. The summed E-state index contributed by atoms with van der Waals surface area (Å²) < 4.78 is 0. The van der Waals surface area contributed by atoms with E-state index >= 15 is 0 Å². The van der Waals surface area contributed by atoms with Crippen molar-refractivity contribution in [3.63, 3.8) is 0 Å². The van der Waals surface area contributed by atoms with Crippen LogP contribution in [0.4, 0.5) is 0 Å². The van der Waals surface area contributed by atoms with Crippen molar-refractivity contribution in [2.75, 3.05) is 0 Å². The standard InChI is InChI=1S/C26H20N2/c1-17-16-27-26(18(2)28-17)24-12-9-20-8-11-23(14-25(20)15-24)22-10-7-19-5-3-4-6-21(19)13-22/h3-16H,1-2H3. The van der Waals surface area contributed by atoms with E-state index in [0.29, 0.717) is 0 Å². The summed E-state index contributed by atoms with van der Waals surface area (Å²) in [5, 5.41) is 4.97. The lowest BCUT2D eigenvalue weighted by molar-refractivity contribution is 1.06. The Labute approximate surface area is 164 Å². The normalized spacial score (nSPS) is 11.2. The third kappa shape index (κ3) is 2.93. The third-order valence-corrected chi connectivity index (χ3v) is 5.26. The van der Waals surface area contributed by atoms with E-state index in [4.69, 9.17) is 0 Å². The second kappa shape index (κ2) is 6.58. The molecule has 0 saturated carbocycles. The van der Waals surface area contributed by atoms with Gasteiger partial charge in [-0.1, -0.05) is 60.7 Å². The average Bonchev–Trinajstić information content (AvgIpc) is 2.72. The number of aryl methyl sites for hydroxylation is 2. The Morgan fingerprint density at radius 1 is 0.571 bits per heavy atom. The van der Waals surface area contributed by atoms with Crippen molar-refractivity contribution < 1.29 is 0 Å². The first-order valence-electron chi connectivity index (χ1n) is 9.51. The molecule has 1 aromatic heterocycles. The third-order valence-electron chi connectivity index (χ3n) is 5.26. The summed E-state index contributed by atoms with van der Waals surface area (Å²) in [5.41, 5.74) is 6.42. The number of hydrogen-bond donors (Lipinski definition) is 0. The smallest absolute Gasteiger partial charge is 0.0914 e. The molecule has 0 bridgehead atoms. The number of nitrogens with zero attached hydrogens (tertiary/aromatic N) is 2. The largest absolute Gasteiger partial charge is 0.255 e. The van der Waals surface area contributed by atoms with Gasteiger partial charge in [-0.15, -0.1) is 0 Å². The van der Waals surface area contributed by atoms with Crippen molar-refractivity contribution in [3.05, 3.63) is 96.4 Å². The minimum Gasteiger partial charge on any atom is -0.255 e. The van der Waals surface area contributed by atoms with Gasteiger partial charge in [0, 0.05) is 11.8 Å². The van der Waals surface area contributed by atoms with Gasteiger partial charge in [0.25, 0.3) is 0 Å². The number of aromatic nitrogens is 2. The molecule has 0 spiro atoms. The van der Waals surface area contributed by atoms with Crippen molar-refractivity contribution in [2.45, 2.75) is 13.8 Å². The topological polar surface area (TPSA) is 25.8 Å². The Morgan fingerprint density at radius 3 is 1.86 bits per heavy atom. The molecule has 0 atom stereocenters. The molecule has 0 amide bonds. The first-order chi connectivity index (χ1) is 13.7. The first kappa shape index (κ1) is 16.6. The van der Waals surface area contributed by atoms with Gasteiger partial charge in [-0.2, -0.15) is 0 Å². The highest BCUT2D eigenvalue weighted by atomic mass is 14.8. The molecule has 2 heteroatoms. The Bertz CT molecular complexity index is 1340. The van der Waals surface area contributed by atoms with E-state index in [2.05, 4.69) is 88.8 Å². The van der Waals surface area contributed by atoms with Crippen LogP contribution in [0.25, 0.3) is 43.9 Å². The second-order valence-electron chi connectivity index (χ2n) is 7.28. The van der Waals surface area contributed by atoms with E-state index in [1.807, 2.05) is 20.0 Å². The zero-order valence-electron chi connectivity index (χ0n) is 16.0. The predicted octanol–water partition coefficient (Wildman–Crippen LogP) is 6.73. The van der Waals surface area contributed by atoms with Crippen molar-refractivity contribution in [1.82, 2.24) is 9.97 Å². The highest BCUT2D eigenvalue weighted by Gasteiger charge is 2.07. The molecule has 0 radical (unpaired) electrons. The summed E-state index contributed by atoms with van der Waals surface area (Å²) in [6.07, 6.45) is 1.83. The Morgan fingerprint density at radius 2 is 1.14 bits per heavy atom. The van der Waals surface area contributed by atoms with Gasteiger partial charge >= 0.3 is 0 Å². The number of hydrogen-bond acceptors (Lipinski definition) is 2. The number of fused-ring (bicyclic) bond motifs is 2. The van der Waals surface area contributed by atoms with E-state index in [1.54, 1.807) is 0 Å². The van der Waals surface area contributed by atoms with Crippen molar-refractivity contribution in [2.24, 2.45) is 0 Å². The maximum atomic E-state index is 4.61. The maximum Gasteiger partial charge on any atom is 0.0914 e. The van der Waals surface area contributed by atoms with Gasteiger partial charge in [0.05, 0.1) is 17.1 Å². The molecule has 0 aliphatic heterocycles. The second-order valence-corrected chi connectivity index (χ2v) is 7.28. The number of rotatable bonds is 2. The minimum atomic E-state index is 0.945. The lowest BCUT2D eigenvalue weighted by atomic mass is 9.97. The van der Waals surface area contributed by atoms with E-state index in [-0.39, 0.29) is 0 Å². The lowest BCUT2D eigenvalue weighted by Gasteiger charge is -2.09. The fourth-order valence-corrected chi connectivity index (χ4v) is 3.82.